The highest BCUT2D eigenvalue weighted by Crippen LogP contribution is 2.21. The Bertz CT molecular complexity index is 653. The molecule has 0 bridgehead atoms. The van der Waals surface area contributed by atoms with Crippen LogP contribution in [0.3, 0.4) is 0 Å². The van der Waals surface area contributed by atoms with Gasteiger partial charge in [0.25, 0.3) is 0 Å². The number of carbonyl (C=O) groups excluding carboxylic acids is 1. The average Bonchev–Trinajstić information content (AvgIpc) is 3.27. The van der Waals surface area contributed by atoms with Gasteiger partial charge in [0, 0.05) is 31.5 Å². The molecule has 2 heterocycles. The van der Waals surface area contributed by atoms with Gasteiger partial charge in [-0.15, -0.1) is 0 Å². The largest absolute Gasteiger partial charge is 0.324 e. The first-order valence-electron chi connectivity index (χ1n) is 8.50. The van der Waals surface area contributed by atoms with Crippen molar-refractivity contribution in [2.75, 3.05) is 38.5 Å². The van der Waals surface area contributed by atoms with Crippen LogP contribution in [0.15, 0.2) is 36.5 Å². The van der Waals surface area contributed by atoms with E-state index < -0.39 is 0 Å². The predicted octanol–water partition coefficient (Wildman–Crippen LogP) is 2.88. The first-order valence-corrected chi connectivity index (χ1v) is 8.50. The van der Waals surface area contributed by atoms with Gasteiger partial charge in [0.15, 0.2) is 0 Å². The molecule has 1 saturated heterocycles. The summed E-state index contributed by atoms with van der Waals surface area (Å²) >= 11 is 0. The quantitative estimate of drug-likeness (QED) is 0.887. The minimum Gasteiger partial charge on any atom is -0.324 e. The topological polar surface area (TPSA) is 64.3 Å². The van der Waals surface area contributed by atoms with Crippen LogP contribution in [-0.4, -0.2) is 59.3 Å². The minimum absolute atomic E-state index is 0.00839. The summed E-state index contributed by atoms with van der Waals surface area (Å²) < 4.78 is 0. The smallest absolute Gasteiger partial charge is 0.321 e. The van der Waals surface area contributed by atoms with Crippen LogP contribution in [0.5, 0.6) is 0 Å². The predicted molar refractivity (Wildman–Crippen MR) is 95.9 cm³/mol. The first kappa shape index (κ1) is 16.5. The van der Waals surface area contributed by atoms with Crippen molar-refractivity contribution in [2.24, 2.45) is 5.92 Å². The van der Waals surface area contributed by atoms with Crippen LogP contribution in [0.1, 0.15) is 13.3 Å². The first-order chi connectivity index (χ1) is 11.7. The number of likely N-dealkylation sites (tertiary alicyclic amines) is 1. The number of hydrogen-bond donors (Lipinski definition) is 2. The van der Waals surface area contributed by atoms with E-state index in [1.165, 1.54) is 0 Å². The Hall–Kier alpha value is -2.34. The van der Waals surface area contributed by atoms with Crippen molar-refractivity contribution in [3.8, 4) is 11.3 Å². The van der Waals surface area contributed by atoms with Crippen molar-refractivity contribution in [3.05, 3.63) is 36.5 Å². The van der Waals surface area contributed by atoms with E-state index in [2.05, 4.69) is 34.4 Å². The van der Waals surface area contributed by atoms with Gasteiger partial charge in [0.2, 0.25) is 0 Å². The Morgan fingerprint density at radius 1 is 1.38 bits per heavy atom. The monoisotopic (exact) mass is 327 g/mol. The Morgan fingerprint density at radius 3 is 2.83 bits per heavy atom. The molecule has 1 aromatic heterocycles. The zero-order valence-corrected chi connectivity index (χ0v) is 14.3. The fraction of sp³-hybridized carbons (Fsp3) is 0.444. The Morgan fingerprint density at radius 2 is 2.17 bits per heavy atom. The van der Waals surface area contributed by atoms with Gasteiger partial charge < -0.3 is 15.1 Å². The normalized spacial score (nSPS) is 17.5. The van der Waals surface area contributed by atoms with Crippen LogP contribution in [-0.2, 0) is 0 Å². The van der Waals surface area contributed by atoms with Crippen molar-refractivity contribution >= 4 is 11.7 Å². The lowest BCUT2D eigenvalue weighted by atomic mass is 10.1. The highest BCUT2D eigenvalue weighted by molar-refractivity contribution is 5.89. The molecule has 0 radical (unpaired) electrons. The van der Waals surface area contributed by atoms with Gasteiger partial charge in [0.05, 0.1) is 5.69 Å². The molecular formula is C18H25N5O. The molecular weight excluding hydrogens is 302 g/mol. The van der Waals surface area contributed by atoms with Gasteiger partial charge >= 0.3 is 6.03 Å². The molecule has 6 heteroatoms. The van der Waals surface area contributed by atoms with Gasteiger partial charge in [-0.25, -0.2) is 4.79 Å². The summed E-state index contributed by atoms with van der Waals surface area (Å²) in [5.74, 6) is 0.573. The van der Waals surface area contributed by atoms with Crippen molar-refractivity contribution < 1.29 is 4.79 Å². The second-order valence-corrected chi connectivity index (χ2v) is 6.43. The maximum Gasteiger partial charge on any atom is 0.321 e. The van der Waals surface area contributed by atoms with Gasteiger partial charge in [0.1, 0.15) is 0 Å². The molecule has 1 aliphatic heterocycles. The number of carbonyl (C=O) groups is 1. The molecule has 1 unspecified atom stereocenters. The van der Waals surface area contributed by atoms with Crippen molar-refractivity contribution in [2.45, 2.75) is 13.3 Å². The van der Waals surface area contributed by atoms with E-state index in [-0.39, 0.29) is 6.03 Å². The van der Waals surface area contributed by atoms with Gasteiger partial charge in [-0.2, -0.15) is 5.10 Å². The Kier molecular flexibility index (Phi) is 5.15. The zero-order chi connectivity index (χ0) is 16.9. The molecule has 2 amide bonds. The molecule has 0 saturated carbocycles. The lowest BCUT2D eigenvalue weighted by molar-refractivity contribution is 0.218. The van der Waals surface area contributed by atoms with E-state index in [4.69, 9.17) is 0 Å². The van der Waals surface area contributed by atoms with Crippen LogP contribution in [0.4, 0.5) is 10.5 Å². The van der Waals surface area contributed by atoms with E-state index in [0.717, 1.165) is 49.5 Å². The van der Waals surface area contributed by atoms with Gasteiger partial charge in [-0.05, 0) is 49.7 Å². The van der Waals surface area contributed by atoms with Crippen LogP contribution in [0, 0.1) is 5.92 Å². The summed E-state index contributed by atoms with van der Waals surface area (Å²) in [6, 6.07) is 9.72. The minimum atomic E-state index is -0.00839. The maximum atomic E-state index is 12.4. The molecule has 1 atom stereocenters. The number of nitrogens with zero attached hydrogens (tertiary/aromatic N) is 3. The molecule has 1 fully saturated rings. The molecule has 1 aromatic carbocycles. The number of amides is 2. The third-order valence-electron chi connectivity index (χ3n) is 4.63. The molecule has 0 spiro atoms. The Balaban J connectivity index is 1.54. The summed E-state index contributed by atoms with van der Waals surface area (Å²) in [6.45, 7) is 5.93. The van der Waals surface area contributed by atoms with E-state index in [0.29, 0.717) is 5.92 Å². The zero-order valence-electron chi connectivity index (χ0n) is 14.3. The highest BCUT2D eigenvalue weighted by atomic mass is 16.2. The number of aromatic nitrogens is 2. The second-order valence-electron chi connectivity index (χ2n) is 6.43. The maximum absolute atomic E-state index is 12.4. The van der Waals surface area contributed by atoms with E-state index >= 15 is 0 Å². The molecule has 24 heavy (non-hydrogen) atoms. The molecule has 3 rings (SSSR count). The summed E-state index contributed by atoms with van der Waals surface area (Å²) in [4.78, 5) is 16.6. The van der Waals surface area contributed by atoms with Crippen molar-refractivity contribution in [1.82, 2.24) is 20.0 Å². The molecule has 0 aliphatic carbocycles. The number of H-pyrrole nitrogens is 1. The van der Waals surface area contributed by atoms with Crippen molar-refractivity contribution in [1.29, 1.82) is 0 Å². The van der Waals surface area contributed by atoms with Crippen molar-refractivity contribution in [3.63, 3.8) is 0 Å². The number of aromatic amines is 1. The fourth-order valence-corrected chi connectivity index (χ4v) is 3.09. The summed E-state index contributed by atoms with van der Waals surface area (Å²) in [7, 11) is 2.13. The number of urea groups is 1. The second kappa shape index (κ2) is 7.49. The number of anilines is 1. The summed E-state index contributed by atoms with van der Waals surface area (Å²) in [5, 5.41) is 9.88. The molecule has 6 nitrogen and oxygen atoms in total. The third kappa shape index (κ3) is 3.94. The average molecular weight is 327 g/mol. The molecule has 1 aliphatic rings. The fourth-order valence-electron chi connectivity index (χ4n) is 3.09. The van der Waals surface area contributed by atoms with E-state index in [1.807, 2.05) is 35.2 Å². The number of hydrogen-bond acceptors (Lipinski definition) is 3. The van der Waals surface area contributed by atoms with Gasteiger partial charge in [-0.3, -0.25) is 5.10 Å². The molecule has 2 aromatic rings. The lowest BCUT2D eigenvalue weighted by Crippen LogP contribution is -2.34. The van der Waals surface area contributed by atoms with Gasteiger partial charge in [-0.1, -0.05) is 19.1 Å². The standard InChI is InChI=1S/C18H25N5O/c1-3-22(2)12-14-9-11-23(13-14)18(24)20-16-6-4-15(5-7-16)17-8-10-19-21-17/h4-8,10,14H,3,9,11-13H2,1-2H3,(H,19,21)(H,20,24). The SMILES string of the molecule is CCN(C)CC1CCN(C(=O)Nc2ccc(-c3ccn[nH]3)cc2)C1. The highest BCUT2D eigenvalue weighted by Gasteiger charge is 2.26. The Labute approximate surface area is 142 Å². The number of nitrogens with one attached hydrogen (secondary N) is 2. The van der Waals surface area contributed by atoms with Crippen LogP contribution in [0.2, 0.25) is 0 Å². The van der Waals surface area contributed by atoms with Crippen LogP contribution >= 0.6 is 0 Å². The van der Waals surface area contributed by atoms with E-state index in [9.17, 15) is 4.79 Å². The number of rotatable bonds is 5. The van der Waals surface area contributed by atoms with E-state index in [1.54, 1.807) is 6.20 Å². The van der Waals surface area contributed by atoms with Crippen LogP contribution in [0.25, 0.3) is 11.3 Å². The third-order valence-corrected chi connectivity index (χ3v) is 4.63. The molecule has 128 valence electrons. The molecule has 2 N–H and O–H groups in total. The summed E-state index contributed by atoms with van der Waals surface area (Å²) in [5.41, 5.74) is 2.84. The lowest BCUT2D eigenvalue weighted by Gasteiger charge is -2.20. The summed E-state index contributed by atoms with van der Waals surface area (Å²) in [6.07, 6.45) is 2.81. The van der Waals surface area contributed by atoms with Crippen LogP contribution < -0.4 is 5.32 Å². The number of benzene rings is 1.